The normalized spacial score (nSPS) is 12.4. The summed E-state index contributed by atoms with van der Waals surface area (Å²) in [5, 5.41) is 13.0. The number of hydrogen-bond donors (Lipinski definition) is 2. The summed E-state index contributed by atoms with van der Waals surface area (Å²) in [6.07, 6.45) is 1.09. The highest BCUT2D eigenvalue weighted by molar-refractivity contribution is 7.12. The predicted molar refractivity (Wildman–Crippen MR) is 78.6 cm³/mol. The summed E-state index contributed by atoms with van der Waals surface area (Å²) in [5.41, 5.74) is 1.94. The highest BCUT2D eigenvalue weighted by Crippen LogP contribution is 2.28. The van der Waals surface area contributed by atoms with E-state index in [0.717, 1.165) is 17.7 Å². The lowest BCUT2D eigenvalue weighted by molar-refractivity contribution is 0.471. The number of hydrogen-bond acceptors (Lipinski definition) is 3. The van der Waals surface area contributed by atoms with Gasteiger partial charge in [0.25, 0.3) is 0 Å². The van der Waals surface area contributed by atoms with Gasteiger partial charge in [-0.3, -0.25) is 0 Å². The van der Waals surface area contributed by atoms with E-state index in [0.29, 0.717) is 11.8 Å². The van der Waals surface area contributed by atoms with Gasteiger partial charge in [-0.2, -0.15) is 0 Å². The number of phenolic OH excluding ortho intramolecular Hbond substituents is 1. The summed E-state index contributed by atoms with van der Waals surface area (Å²) in [5.74, 6) is 0.345. The monoisotopic (exact) mass is 261 g/mol. The lowest BCUT2D eigenvalue weighted by Crippen LogP contribution is -2.04. The number of phenols is 1. The molecule has 0 saturated heterocycles. The third-order valence-electron chi connectivity index (χ3n) is 3.04. The molecule has 0 bridgehead atoms. The molecule has 2 aromatic rings. The van der Waals surface area contributed by atoms with Crippen LogP contribution < -0.4 is 5.32 Å². The molecule has 2 nitrogen and oxygen atoms in total. The first-order chi connectivity index (χ1) is 8.60. The molecule has 0 fully saturated rings. The van der Waals surface area contributed by atoms with E-state index in [1.54, 1.807) is 6.07 Å². The first-order valence-corrected chi connectivity index (χ1v) is 7.06. The van der Waals surface area contributed by atoms with Crippen molar-refractivity contribution < 1.29 is 5.11 Å². The number of anilines is 1. The lowest BCUT2D eigenvalue weighted by atomic mass is 10.2. The van der Waals surface area contributed by atoms with Crippen LogP contribution in [0.15, 0.2) is 30.3 Å². The average molecular weight is 261 g/mol. The number of thiophene rings is 1. The Morgan fingerprint density at radius 1 is 1.28 bits per heavy atom. The van der Waals surface area contributed by atoms with Gasteiger partial charge in [0.2, 0.25) is 0 Å². The number of benzene rings is 1. The van der Waals surface area contributed by atoms with Crippen LogP contribution in [0.3, 0.4) is 0 Å². The highest BCUT2D eigenvalue weighted by atomic mass is 32.1. The van der Waals surface area contributed by atoms with Gasteiger partial charge in [0.1, 0.15) is 5.75 Å². The molecule has 2 rings (SSSR count). The SMILES string of the molecule is CCc1ccc(C(C)Nc2ccc(O)c(C)c2)s1. The molecule has 1 aromatic carbocycles. The van der Waals surface area contributed by atoms with Crippen LogP contribution in [0.2, 0.25) is 0 Å². The summed E-state index contributed by atoms with van der Waals surface area (Å²) < 4.78 is 0. The molecule has 0 saturated carbocycles. The van der Waals surface area contributed by atoms with Crippen molar-refractivity contribution in [1.82, 2.24) is 0 Å². The standard InChI is InChI=1S/C15H19NOS/c1-4-13-6-8-15(18-13)11(3)16-12-5-7-14(17)10(2)9-12/h5-9,11,16-17H,4H2,1-3H3. The van der Waals surface area contributed by atoms with Crippen molar-refractivity contribution in [1.29, 1.82) is 0 Å². The average Bonchev–Trinajstić information content (AvgIpc) is 2.82. The molecule has 0 aliphatic heterocycles. The molecule has 18 heavy (non-hydrogen) atoms. The van der Waals surface area contributed by atoms with Crippen molar-refractivity contribution in [3.05, 3.63) is 45.6 Å². The van der Waals surface area contributed by atoms with Crippen LogP contribution in [0.25, 0.3) is 0 Å². The van der Waals surface area contributed by atoms with E-state index in [9.17, 15) is 5.11 Å². The molecule has 0 aliphatic carbocycles. The topological polar surface area (TPSA) is 32.3 Å². The molecule has 0 amide bonds. The van der Waals surface area contributed by atoms with E-state index >= 15 is 0 Å². The Labute approximate surface area is 112 Å². The zero-order valence-electron chi connectivity index (χ0n) is 11.0. The van der Waals surface area contributed by atoms with Crippen LogP contribution in [-0.2, 0) is 6.42 Å². The third kappa shape index (κ3) is 2.85. The Hall–Kier alpha value is -1.48. The highest BCUT2D eigenvalue weighted by Gasteiger charge is 2.08. The van der Waals surface area contributed by atoms with E-state index in [-0.39, 0.29) is 0 Å². The predicted octanol–water partition coefficient (Wildman–Crippen LogP) is 4.50. The summed E-state index contributed by atoms with van der Waals surface area (Å²) in [4.78, 5) is 2.76. The zero-order chi connectivity index (χ0) is 13.1. The second-order valence-electron chi connectivity index (χ2n) is 4.52. The van der Waals surface area contributed by atoms with Crippen molar-refractivity contribution in [3.63, 3.8) is 0 Å². The minimum atomic E-state index is 0.291. The summed E-state index contributed by atoms with van der Waals surface area (Å²) in [7, 11) is 0. The van der Waals surface area contributed by atoms with E-state index in [1.165, 1.54) is 9.75 Å². The van der Waals surface area contributed by atoms with Gasteiger partial charge in [0.15, 0.2) is 0 Å². The van der Waals surface area contributed by atoms with Crippen molar-refractivity contribution in [3.8, 4) is 5.75 Å². The molecule has 0 radical (unpaired) electrons. The summed E-state index contributed by atoms with van der Waals surface area (Å²) >= 11 is 1.86. The molecule has 0 aliphatic rings. The molecule has 1 unspecified atom stereocenters. The molecule has 1 aromatic heterocycles. The smallest absolute Gasteiger partial charge is 0.118 e. The molecule has 0 spiro atoms. The van der Waals surface area contributed by atoms with Gasteiger partial charge in [-0.25, -0.2) is 0 Å². The van der Waals surface area contributed by atoms with Crippen LogP contribution in [0.4, 0.5) is 5.69 Å². The van der Waals surface area contributed by atoms with Gasteiger partial charge in [0, 0.05) is 15.4 Å². The fraction of sp³-hybridized carbons (Fsp3) is 0.333. The van der Waals surface area contributed by atoms with Gasteiger partial charge in [0.05, 0.1) is 6.04 Å². The van der Waals surface area contributed by atoms with Gasteiger partial charge >= 0.3 is 0 Å². The van der Waals surface area contributed by atoms with E-state index in [4.69, 9.17) is 0 Å². The Morgan fingerprint density at radius 2 is 2.06 bits per heavy atom. The number of aromatic hydroxyl groups is 1. The van der Waals surface area contributed by atoms with Gasteiger partial charge in [-0.15, -0.1) is 11.3 Å². The number of aryl methyl sites for hydroxylation is 2. The third-order valence-corrected chi connectivity index (χ3v) is 4.45. The first-order valence-electron chi connectivity index (χ1n) is 6.25. The molecular weight excluding hydrogens is 242 g/mol. The number of rotatable bonds is 4. The van der Waals surface area contributed by atoms with E-state index < -0.39 is 0 Å². The molecule has 3 heteroatoms. The second-order valence-corrected chi connectivity index (χ2v) is 5.72. The van der Waals surface area contributed by atoms with Crippen LogP contribution in [0, 0.1) is 6.92 Å². The van der Waals surface area contributed by atoms with E-state index in [1.807, 2.05) is 30.4 Å². The number of nitrogens with one attached hydrogen (secondary N) is 1. The maximum Gasteiger partial charge on any atom is 0.118 e. The zero-order valence-corrected chi connectivity index (χ0v) is 11.8. The van der Waals surface area contributed by atoms with Crippen molar-refractivity contribution >= 4 is 17.0 Å². The Kier molecular flexibility index (Phi) is 3.92. The largest absolute Gasteiger partial charge is 0.508 e. The van der Waals surface area contributed by atoms with Crippen LogP contribution in [0.1, 0.15) is 35.2 Å². The van der Waals surface area contributed by atoms with Crippen molar-refractivity contribution in [2.45, 2.75) is 33.2 Å². The Bertz CT molecular complexity index is 533. The molecule has 96 valence electrons. The van der Waals surface area contributed by atoms with Crippen LogP contribution in [0.5, 0.6) is 5.75 Å². The van der Waals surface area contributed by atoms with Crippen LogP contribution >= 0.6 is 11.3 Å². The summed E-state index contributed by atoms with van der Waals surface area (Å²) in [6, 6.07) is 10.3. The van der Waals surface area contributed by atoms with Gasteiger partial charge in [-0.1, -0.05) is 6.92 Å². The molecule has 2 N–H and O–H groups in total. The Balaban J connectivity index is 2.10. The second kappa shape index (κ2) is 5.44. The maximum absolute atomic E-state index is 9.50. The maximum atomic E-state index is 9.50. The fourth-order valence-corrected chi connectivity index (χ4v) is 2.84. The molecule has 1 heterocycles. The van der Waals surface area contributed by atoms with Gasteiger partial charge in [-0.05, 0) is 56.2 Å². The fourth-order valence-electron chi connectivity index (χ4n) is 1.88. The lowest BCUT2D eigenvalue weighted by Gasteiger charge is -2.14. The first kappa shape index (κ1) is 13.0. The molecular formula is C15H19NOS. The van der Waals surface area contributed by atoms with Crippen LogP contribution in [-0.4, -0.2) is 5.11 Å². The summed E-state index contributed by atoms with van der Waals surface area (Å²) in [6.45, 7) is 6.25. The van der Waals surface area contributed by atoms with Crippen molar-refractivity contribution in [2.24, 2.45) is 0 Å². The quantitative estimate of drug-likeness (QED) is 0.794. The van der Waals surface area contributed by atoms with E-state index in [2.05, 4.69) is 31.3 Å². The van der Waals surface area contributed by atoms with Gasteiger partial charge < -0.3 is 10.4 Å². The Morgan fingerprint density at radius 3 is 2.67 bits per heavy atom. The minimum Gasteiger partial charge on any atom is -0.508 e. The minimum absolute atomic E-state index is 0.291. The van der Waals surface area contributed by atoms with Crippen molar-refractivity contribution in [2.75, 3.05) is 5.32 Å². The molecule has 1 atom stereocenters.